The van der Waals surface area contributed by atoms with Crippen molar-refractivity contribution in [2.24, 2.45) is 11.7 Å². The van der Waals surface area contributed by atoms with E-state index in [1.54, 1.807) is 18.2 Å². The summed E-state index contributed by atoms with van der Waals surface area (Å²) in [6.45, 7) is 6.29. The first-order valence-corrected chi connectivity index (χ1v) is 6.03. The van der Waals surface area contributed by atoms with E-state index >= 15 is 0 Å². The second-order valence-electron chi connectivity index (χ2n) is 4.45. The van der Waals surface area contributed by atoms with Crippen LogP contribution in [-0.2, 0) is 4.79 Å². The SMILES string of the molecule is CCOc1cc(NC(C(N)=O)C(C)C)ccc1N. The lowest BCUT2D eigenvalue weighted by atomic mass is 10.0. The molecule has 100 valence electrons. The van der Waals surface area contributed by atoms with Crippen LogP contribution < -0.4 is 21.5 Å². The van der Waals surface area contributed by atoms with Crippen LogP contribution in [0.4, 0.5) is 11.4 Å². The fourth-order valence-corrected chi connectivity index (χ4v) is 1.65. The molecule has 1 aromatic rings. The lowest BCUT2D eigenvalue weighted by Crippen LogP contribution is -2.39. The molecule has 0 aromatic heterocycles. The van der Waals surface area contributed by atoms with E-state index in [1.807, 2.05) is 20.8 Å². The van der Waals surface area contributed by atoms with Crippen molar-refractivity contribution in [3.8, 4) is 5.75 Å². The van der Waals surface area contributed by atoms with Crippen molar-refractivity contribution in [1.82, 2.24) is 0 Å². The van der Waals surface area contributed by atoms with Crippen LogP contribution in [0.2, 0.25) is 0 Å². The topological polar surface area (TPSA) is 90.4 Å². The van der Waals surface area contributed by atoms with Gasteiger partial charge in [0.15, 0.2) is 0 Å². The zero-order valence-electron chi connectivity index (χ0n) is 11.1. The van der Waals surface area contributed by atoms with Gasteiger partial charge in [0.1, 0.15) is 11.8 Å². The summed E-state index contributed by atoms with van der Waals surface area (Å²) in [4.78, 5) is 11.3. The molecule has 0 aliphatic rings. The number of carbonyl (C=O) groups excluding carboxylic acids is 1. The highest BCUT2D eigenvalue weighted by atomic mass is 16.5. The van der Waals surface area contributed by atoms with Crippen molar-refractivity contribution >= 4 is 17.3 Å². The second kappa shape index (κ2) is 6.14. The van der Waals surface area contributed by atoms with Crippen molar-refractivity contribution in [3.63, 3.8) is 0 Å². The van der Waals surface area contributed by atoms with Crippen LogP contribution in [0.5, 0.6) is 5.75 Å². The molecule has 1 unspecified atom stereocenters. The van der Waals surface area contributed by atoms with Gasteiger partial charge in [0.2, 0.25) is 5.91 Å². The van der Waals surface area contributed by atoms with Gasteiger partial charge in [-0.3, -0.25) is 4.79 Å². The summed E-state index contributed by atoms with van der Waals surface area (Å²) in [7, 11) is 0. The summed E-state index contributed by atoms with van der Waals surface area (Å²) >= 11 is 0. The van der Waals surface area contributed by atoms with Crippen molar-refractivity contribution in [2.45, 2.75) is 26.8 Å². The molecule has 5 N–H and O–H groups in total. The second-order valence-corrected chi connectivity index (χ2v) is 4.45. The van der Waals surface area contributed by atoms with Crippen LogP contribution in [0, 0.1) is 5.92 Å². The van der Waals surface area contributed by atoms with E-state index < -0.39 is 6.04 Å². The Bertz CT molecular complexity index is 419. The number of nitrogen functional groups attached to an aromatic ring is 1. The summed E-state index contributed by atoms with van der Waals surface area (Å²) in [5, 5.41) is 3.09. The number of nitrogens with one attached hydrogen (secondary N) is 1. The van der Waals surface area contributed by atoms with Crippen molar-refractivity contribution in [2.75, 3.05) is 17.7 Å². The summed E-state index contributed by atoms with van der Waals surface area (Å²) < 4.78 is 5.40. The highest BCUT2D eigenvalue weighted by Gasteiger charge is 2.19. The van der Waals surface area contributed by atoms with E-state index in [1.165, 1.54) is 0 Å². The maximum atomic E-state index is 11.3. The monoisotopic (exact) mass is 251 g/mol. The average Bonchev–Trinajstić information content (AvgIpc) is 2.29. The number of anilines is 2. The average molecular weight is 251 g/mol. The largest absolute Gasteiger partial charge is 0.492 e. The highest BCUT2D eigenvalue weighted by molar-refractivity contribution is 5.83. The maximum absolute atomic E-state index is 11.3. The zero-order valence-corrected chi connectivity index (χ0v) is 11.1. The molecule has 0 fully saturated rings. The van der Waals surface area contributed by atoms with Gasteiger partial charge in [0.05, 0.1) is 12.3 Å². The fraction of sp³-hybridized carbons (Fsp3) is 0.462. The molecule has 5 nitrogen and oxygen atoms in total. The van der Waals surface area contributed by atoms with Gasteiger partial charge in [-0.2, -0.15) is 0 Å². The van der Waals surface area contributed by atoms with E-state index in [-0.39, 0.29) is 11.8 Å². The highest BCUT2D eigenvalue weighted by Crippen LogP contribution is 2.26. The predicted molar refractivity (Wildman–Crippen MR) is 73.5 cm³/mol. The molecular weight excluding hydrogens is 230 g/mol. The van der Waals surface area contributed by atoms with Crippen LogP contribution in [0.1, 0.15) is 20.8 Å². The van der Waals surface area contributed by atoms with Crippen LogP contribution in [-0.4, -0.2) is 18.6 Å². The van der Waals surface area contributed by atoms with Gasteiger partial charge in [-0.25, -0.2) is 0 Å². The third-order valence-electron chi connectivity index (χ3n) is 2.61. The molecule has 0 aliphatic carbocycles. The first-order chi connectivity index (χ1) is 8.45. The molecule has 0 heterocycles. The smallest absolute Gasteiger partial charge is 0.240 e. The van der Waals surface area contributed by atoms with Gasteiger partial charge in [-0.05, 0) is 25.0 Å². The van der Waals surface area contributed by atoms with Crippen LogP contribution >= 0.6 is 0 Å². The Labute approximate surface area is 107 Å². The third kappa shape index (κ3) is 3.55. The molecule has 0 radical (unpaired) electrons. The number of nitrogens with two attached hydrogens (primary N) is 2. The normalized spacial score (nSPS) is 12.2. The van der Waals surface area contributed by atoms with Gasteiger partial charge in [-0.15, -0.1) is 0 Å². The van der Waals surface area contributed by atoms with Crippen LogP contribution in [0.25, 0.3) is 0 Å². The molecule has 0 saturated carbocycles. The van der Waals surface area contributed by atoms with E-state index in [2.05, 4.69) is 5.32 Å². The molecule has 18 heavy (non-hydrogen) atoms. The number of amides is 1. The van der Waals surface area contributed by atoms with Crippen molar-refractivity contribution in [3.05, 3.63) is 18.2 Å². The summed E-state index contributed by atoms with van der Waals surface area (Å²) in [5.74, 6) is 0.338. The first-order valence-electron chi connectivity index (χ1n) is 6.03. The zero-order chi connectivity index (χ0) is 13.7. The summed E-state index contributed by atoms with van der Waals surface area (Å²) in [5.41, 5.74) is 12.5. The quantitative estimate of drug-likeness (QED) is 0.670. The van der Waals surface area contributed by atoms with E-state index in [4.69, 9.17) is 16.2 Å². The van der Waals surface area contributed by atoms with E-state index in [9.17, 15) is 4.79 Å². The third-order valence-corrected chi connectivity index (χ3v) is 2.61. The Morgan fingerprint density at radius 2 is 2.11 bits per heavy atom. The number of hydrogen-bond donors (Lipinski definition) is 3. The fourth-order valence-electron chi connectivity index (χ4n) is 1.65. The molecule has 0 spiro atoms. The lowest BCUT2D eigenvalue weighted by molar-refractivity contribution is -0.119. The summed E-state index contributed by atoms with van der Waals surface area (Å²) in [6.07, 6.45) is 0. The van der Waals surface area contributed by atoms with Crippen LogP contribution in [0.15, 0.2) is 18.2 Å². The molecule has 5 heteroatoms. The van der Waals surface area contributed by atoms with Crippen molar-refractivity contribution < 1.29 is 9.53 Å². The van der Waals surface area contributed by atoms with Crippen LogP contribution in [0.3, 0.4) is 0 Å². The van der Waals surface area contributed by atoms with Gasteiger partial charge in [0.25, 0.3) is 0 Å². The molecule has 1 aromatic carbocycles. The van der Waals surface area contributed by atoms with E-state index in [0.717, 1.165) is 5.69 Å². The number of rotatable bonds is 6. The Morgan fingerprint density at radius 3 is 2.61 bits per heavy atom. The number of ether oxygens (including phenoxy) is 1. The number of primary amides is 1. The minimum Gasteiger partial charge on any atom is -0.492 e. The van der Waals surface area contributed by atoms with Gasteiger partial charge < -0.3 is 21.5 Å². The minimum atomic E-state index is -0.414. The molecule has 1 amide bonds. The minimum absolute atomic E-state index is 0.107. The Hall–Kier alpha value is -1.91. The first kappa shape index (κ1) is 14.2. The standard InChI is InChI=1S/C13H21N3O2/c1-4-18-11-7-9(5-6-10(11)14)16-12(8(2)3)13(15)17/h5-8,12,16H,4,14H2,1-3H3,(H2,15,17). The van der Waals surface area contributed by atoms with E-state index in [0.29, 0.717) is 18.0 Å². The molecule has 0 aliphatic heterocycles. The van der Waals surface area contributed by atoms with Gasteiger partial charge in [-0.1, -0.05) is 13.8 Å². The summed E-state index contributed by atoms with van der Waals surface area (Å²) in [6, 6.07) is 4.90. The predicted octanol–water partition coefficient (Wildman–Crippen LogP) is 1.59. The van der Waals surface area contributed by atoms with Gasteiger partial charge in [0, 0.05) is 11.8 Å². The Kier molecular flexibility index (Phi) is 4.83. The molecular formula is C13H21N3O2. The molecule has 0 saturated heterocycles. The number of carbonyl (C=O) groups is 1. The molecule has 1 rings (SSSR count). The van der Waals surface area contributed by atoms with Crippen molar-refractivity contribution in [1.29, 1.82) is 0 Å². The van der Waals surface area contributed by atoms with Gasteiger partial charge >= 0.3 is 0 Å². The Morgan fingerprint density at radius 1 is 1.44 bits per heavy atom. The number of benzene rings is 1. The lowest BCUT2D eigenvalue weighted by Gasteiger charge is -2.20. The molecule has 1 atom stereocenters. The molecule has 0 bridgehead atoms. The maximum Gasteiger partial charge on any atom is 0.240 e. The number of hydrogen-bond acceptors (Lipinski definition) is 4. The Balaban J connectivity index is 2.89.